The molecule has 1 aliphatic rings. The molecule has 0 aliphatic carbocycles. The minimum atomic E-state index is -0.295. The van der Waals surface area contributed by atoms with Crippen LogP contribution < -0.4 is 10.6 Å². The molecule has 80 valence electrons. The molecule has 1 aromatic heterocycles. The van der Waals surface area contributed by atoms with Crippen LogP contribution in [0, 0.1) is 0 Å². The zero-order chi connectivity index (χ0) is 11.1. The van der Waals surface area contributed by atoms with E-state index in [0.717, 1.165) is 0 Å². The molecule has 1 amide bonds. The Morgan fingerprint density at radius 1 is 1.53 bits per heavy atom. The molecule has 4 nitrogen and oxygen atoms in total. The van der Waals surface area contributed by atoms with Crippen molar-refractivity contribution in [1.29, 1.82) is 0 Å². The van der Waals surface area contributed by atoms with Gasteiger partial charge in [0.2, 0.25) is 5.91 Å². The predicted octanol–water partition coefficient (Wildman–Crippen LogP) is 2.27. The number of amides is 1. The topological polar surface area (TPSA) is 54.0 Å². The minimum Gasteiger partial charge on any atom is -0.363 e. The highest BCUT2D eigenvalue weighted by atomic mass is 35.5. The normalized spacial score (nSPS) is 18.5. The summed E-state index contributed by atoms with van der Waals surface area (Å²) in [5, 5.41) is 6.48. The number of nitrogens with one attached hydrogen (secondary N) is 2. The van der Waals surface area contributed by atoms with E-state index in [1.54, 1.807) is 12.3 Å². The number of pyridine rings is 1. The number of hydrogen-bond donors (Lipinski definition) is 2. The summed E-state index contributed by atoms with van der Waals surface area (Å²) in [4.78, 5) is 15.7. The molecular formula is C10H12ClN3O. The third-order valence-corrected chi connectivity index (χ3v) is 2.39. The second-order valence-electron chi connectivity index (χ2n) is 4.28. The largest absolute Gasteiger partial charge is 0.363 e. The second-order valence-corrected chi connectivity index (χ2v) is 4.72. The SMILES string of the molecule is CC1(C)CC(=O)Nc2cc(Cl)cnc2N1. The zero-order valence-corrected chi connectivity index (χ0v) is 9.35. The first-order valence-corrected chi connectivity index (χ1v) is 5.08. The quantitative estimate of drug-likeness (QED) is 0.712. The van der Waals surface area contributed by atoms with Gasteiger partial charge in [-0.2, -0.15) is 0 Å². The van der Waals surface area contributed by atoms with Crippen LogP contribution in [0.1, 0.15) is 20.3 Å². The summed E-state index contributed by atoms with van der Waals surface area (Å²) < 4.78 is 0. The van der Waals surface area contributed by atoms with Gasteiger partial charge in [-0.25, -0.2) is 4.98 Å². The maximum Gasteiger partial charge on any atom is 0.226 e. The standard InChI is InChI=1S/C10H12ClN3O/c1-10(2)4-8(15)13-7-3-6(11)5-12-9(7)14-10/h3,5H,4H2,1-2H3,(H,12,14)(H,13,15). The van der Waals surface area contributed by atoms with E-state index < -0.39 is 0 Å². The molecule has 0 spiro atoms. The number of carbonyl (C=O) groups is 1. The van der Waals surface area contributed by atoms with E-state index in [1.165, 1.54) is 0 Å². The fraction of sp³-hybridized carbons (Fsp3) is 0.400. The summed E-state index contributed by atoms with van der Waals surface area (Å²) in [6, 6.07) is 1.69. The molecule has 2 heterocycles. The lowest BCUT2D eigenvalue weighted by molar-refractivity contribution is -0.116. The number of hydrogen-bond acceptors (Lipinski definition) is 3. The van der Waals surface area contributed by atoms with Crippen molar-refractivity contribution in [1.82, 2.24) is 4.98 Å². The molecule has 0 unspecified atom stereocenters. The number of carbonyl (C=O) groups excluding carboxylic acids is 1. The molecule has 0 aromatic carbocycles. The fourth-order valence-corrected chi connectivity index (χ4v) is 1.75. The van der Waals surface area contributed by atoms with Crippen molar-refractivity contribution in [3.8, 4) is 0 Å². The smallest absolute Gasteiger partial charge is 0.226 e. The molecule has 0 atom stereocenters. The molecule has 0 bridgehead atoms. The van der Waals surface area contributed by atoms with Crippen LogP contribution in [0.15, 0.2) is 12.3 Å². The monoisotopic (exact) mass is 225 g/mol. The van der Waals surface area contributed by atoms with Gasteiger partial charge in [-0.15, -0.1) is 0 Å². The van der Waals surface area contributed by atoms with E-state index >= 15 is 0 Å². The Morgan fingerprint density at radius 3 is 3.00 bits per heavy atom. The highest BCUT2D eigenvalue weighted by Gasteiger charge is 2.27. The Kier molecular flexibility index (Phi) is 2.31. The lowest BCUT2D eigenvalue weighted by Crippen LogP contribution is -2.33. The third-order valence-electron chi connectivity index (χ3n) is 2.19. The third kappa shape index (κ3) is 2.21. The van der Waals surface area contributed by atoms with Crippen molar-refractivity contribution < 1.29 is 4.79 Å². The van der Waals surface area contributed by atoms with Gasteiger partial charge >= 0.3 is 0 Å². The van der Waals surface area contributed by atoms with Gasteiger partial charge in [-0.3, -0.25) is 4.79 Å². The van der Waals surface area contributed by atoms with Crippen LogP contribution in [0.5, 0.6) is 0 Å². The van der Waals surface area contributed by atoms with Gasteiger partial charge in [0, 0.05) is 18.2 Å². The van der Waals surface area contributed by atoms with Crippen LogP contribution >= 0.6 is 11.6 Å². The Bertz CT molecular complexity index is 417. The molecule has 0 saturated heterocycles. The number of rotatable bonds is 0. The van der Waals surface area contributed by atoms with Gasteiger partial charge in [-0.05, 0) is 19.9 Å². The first kappa shape index (κ1) is 10.2. The van der Waals surface area contributed by atoms with Crippen LogP contribution in [0.25, 0.3) is 0 Å². The molecule has 0 radical (unpaired) electrons. The van der Waals surface area contributed by atoms with Crippen LogP contribution in [0.3, 0.4) is 0 Å². The number of halogens is 1. The Balaban J connectivity index is 2.45. The summed E-state index contributed by atoms with van der Waals surface area (Å²) in [5.74, 6) is 0.630. The van der Waals surface area contributed by atoms with Gasteiger partial charge in [-0.1, -0.05) is 11.6 Å². The van der Waals surface area contributed by atoms with Crippen molar-refractivity contribution in [3.63, 3.8) is 0 Å². The average Bonchev–Trinajstić information content (AvgIpc) is 2.18. The van der Waals surface area contributed by atoms with E-state index in [1.807, 2.05) is 13.8 Å². The summed E-state index contributed by atoms with van der Waals surface area (Å²) in [6.45, 7) is 3.91. The molecule has 1 aliphatic heterocycles. The van der Waals surface area contributed by atoms with Gasteiger partial charge in [0.15, 0.2) is 0 Å². The van der Waals surface area contributed by atoms with Crippen LogP contribution in [-0.4, -0.2) is 16.4 Å². The lowest BCUT2D eigenvalue weighted by Gasteiger charge is -2.23. The molecule has 5 heteroatoms. The zero-order valence-electron chi connectivity index (χ0n) is 8.60. The number of fused-ring (bicyclic) bond motifs is 1. The molecular weight excluding hydrogens is 214 g/mol. The van der Waals surface area contributed by atoms with Crippen molar-refractivity contribution in [2.24, 2.45) is 0 Å². The summed E-state index contributed by atoms with van der Waals surface area (Å²) >= 11 is 5.81. The van der Waals surface area contributed by atoms with E-state index in [0.29, 0.717) is 22.9 Å². The number of aromatic nitrogens is 1. The molecule has 2 N–H and O–H groups in total. The van der Waals surface area contributed by atoms with E-state index in [9.17, 15) is 4.79 Å². The second kappa shape index (κ2) is 3.38. The van der Waals surface area contributed by atoms with Crippen molar-refractivity contribution in [2.45, 2.75) is 25.8 Å². The molecule has 15 heavy (non-hydrogen) atoms. The fourth-order valence-electron chi connectivity index (χ4n) is 1.59. The lowest BCUT2D eigenvalue weighted by atomic mass is 10.0. The van der Waals surface area contributed by atoms with Gasteiger partial charge in [0.1, 0.15) is 5.82 Å². The molecule has 0 fully saturated rings. The molecule has 1 aromatic rings. The van der Waals surface area contributed by atoms with Crippen LogP contribution in [0.2, 0.25) is 5.02 Å². The van der Waals surface area contributed by atoms with Crippen LogP contribution in [-0.2, 0) is 4.79 Å². The van der Waals surface area contributed by atoms with Gasteiger partial charge < -0.3 is 10.6 Å². The van der Waals surface area contributed by atoms with Crippen molar-refractivity contribution >= 4 is 29.0 Å². The Hall–Kier alpha value is -1.29. The summed E-state index contributed by atoms with van der Waals surface area (Å²) in [7, 11) is 0. The molecule has 0 saturated carbocycles. The maximum absolute atomic E-state index is 11.6. The Morgan fingerprint density at radius 2 is 2.27 bits per heavy atom. The summed E-state index contributed by atoms with van der Waals surface area (Å²) in [6.07, 6.45) is 1.96. The van der Waals surface area contributed by atoms with Gasteiger partial charge in [0.25, 0.3) is 0 Å². The first-order chi connectivity index (χ1) is 6.96. The Labute approximate surface area is 93.0 Å². The minimum absolute atomic E-state index is 0.0321. The van der Waals surface area contributed by atoms with Crippen LogP contribution in [0.4, 0.5) is 11.5 Å². The highest BCUT2D eigenvalue weighted by molar-refractivity contribution is 6.30. The van der Waals surface area contributed by atoms with Crippen molar-refractivity contribution in [2.75, 3.05) is 10.6 Å². The molecule has 2 rings (SSSR count). The van der Waals surface area contributed by atoms with E-state index in [-0.39, 0.29) is 11.4 Å². The maximum atomic E-state index is 11.6. The average molecular weight is 226 g/mol. The first-order valence-electron chi connectivity index (χ1n) is 4.70. The number of nitrogens with zero attached hydrogens (tertiary/aromatic N) is 1. The van der Waals surface area contributed by atoms with E-state index in [2.05, 4.69) is 15.6 Å². The number of anilines is 2. The summed E-state index contributed by atoms with van der Waals surface area (Å²) in [5.41, 5.74) is 0.342. The van der Waals surface area contributed by atoms with E-state index in [4.69, 9.17) is 11.6 Å². The van der Waals surface area contributed by atoms with Crippen molar-refractivity contribution in [3.05, 3.63) is 17.3 Å². The van der Waals surface area contributed by atoms with Gasteiger partial charge in [0.05, 0.1) is 10.7 Å². The predicted molar refractivity (Wildman–Crippen MR) is 60.2 cm³/mol. The highest BCUT2D eigenvalue weighted by Crippen LogP contribution is 2.29.